The number of carbonyl (C=O) groups is 1. The zero-order valence-electron chi connectivity index (χ0n) is 10.9. The molecule has 0 saturated carbocycles. The third kappa shape index (κ3) is 3.96. The lowest BCUT2D eigenvalue weighted by molar-refractivity contribution is 0.0943. The van der Waals surface area contributed by atoms with Gasteiger partial charge in [0.1, 0.15) is 0 Å². The minimum absolute atomic E-state index is 0.136. The molecule has 0 unspecified atom stereocenters. The molecule has 5 heteroatoms. The number of nitrogens with zero attached hydrogens (tertiary/aromatic N) is 2. The van der Waals surface area contributed by atoms with Crippen molar-refractivity contribution in [2.24, 2.45) is 0 Å². The second-order valence-corrected chi connectivity index (χ2v) is 6.32. The highest BCUT2D eigenvalue weighted by atomic mass is 79.9. The predicted molar refractivity (Wildman–Crippen MR) is 81.7 cm³/mol. The van der Waals surface area contributed by atoms with Crippen LogP contribution in [0.1, 0.15) is 20.9 Å². The molecular weight excluding hydrogens is 324 g/mol. The Bertz CT molecular complexity index is 565. The maximum atomic E-state index is 12.1. The second-order valence-electron chi connectivity index (χ2n) is 4.46. The number of ketones is 1. The molecule has 1 aromatic heterocycles. The summed E-state index contributed by atoms with van der Waals surface area (Å²) < 4.78 is 0.984. The fourth-order valence-corrected chi connectivity index (χ4v) is 2.87. The minimum atomic E-state index is 0.136. The van der Waals surface area contributed by atoms with Gasteiger partial charge in [-0.05, 0) is 26.1 Å². The van der Waals surface area contributed by atoms with Gasteiger partial charge < -0.3 is 0 Å². The fourth-order valence-electron chi connectivity index (χ4n) is 1.75. The van der Waals surface area contributed by atoms with Gasteiger partial charge >= 0.3 is 0 Å². The third-order valence-corrected chi connectivity index (χ3v) is 4.29. The Morgan fingerprint density at radius 3 is 2.63 bits per heavy atom. The van der Waals surface area contributed by atoms with Gasteiger partial charge in [0.25, 0.3) is 0 Å². The van der Waals surface area contributed by atoms with E-state index < -0.39 is 0 Å². The molecule has 1 aromatic carbocycles. The molecule has 0 spiro atoms. The SMILES string of the molecule is Cc1ncsc1CN(C)CC(=O)c1ccc(Br)cc1. The first-order chi connectivity index (χ1) is 9.06. The van der Waals surface area contributed by atoms with Crippen LogP contribution >= 0.6 is 27.3 Å². The molecule has 100 valence electrons. The summed E-state index contributed by atoms with van der Waals surface area (Å²) >= 11 is 5.00. The van der Waals surface area contributed by atoms with Gasteiger partial charge in [0.05, 0.1) is 17.7 Å². The van der Waals surface area contributed by atoms with Crippen LogP contribution in [0.3, 0.4) is 0 Å². The average molecular weight is 339 g/mol. The largest absolute Gasteiger partial charge is 0.294 e. The summed E-state index contributed by atoms with van der Waals surface area (Å²) in [7, 11) is 1.95. The van der Waals surface area contributed by atoms with Crippen LogP contribution in [0.15, 0.2) is 34.2 Å². The Kier molecular flexibility index (Phi) is 4.85. The van der Waals surface area contributed by atoms with Crippen molar-refractivity contribution in [2.45, 2.75) is 13.5 Å². The first-order valence-corrected chi connectivity index (χ1v) is 7.60. The number of halogens is 1. The van der Waals surface area contributed by atoms with Gasteiger partial charge in [-0.15, -0.1) is 11.3 Å². The van der Waals surface area contributed by atoms with Gasteiger partial charge in [0, 0.05) is 21.5 Å². The van der Waals surface area contributed by atoms with Crippen molar-refractivity contribution < 1.29 is 4.79 Å². The standard InChI is InChI=1S/C14H15BrN2OS/c1-10-14(19-9-16-10)8-17(2)7-13(18)11-3-5-12(15)6-4-11/h3-6,9H,7-8H2,1-2H3. The molecule has 19 heavy (non-hydrogen) atoms. The first-order valence-electron chi connectivity index (χ1n) is 5.92. The fraction of sp³-hybridized carbons (Fsp3) is 0.286. The number of thiazole rings is 1. The molecule has 2 rings (SSSR count). The number of carbonyl (C=O) groups excluding carboxylic acids is 1. The van der Waals surface area contributed by atoms with E-state index in [1.165, 1.54) is 4.88 Å². The molecule has 0 fully saturated rings. The van der Waals surface area contributed by atoms with Crippen LogP contribution in [0.5, 0.6) is 0 Å². The lowest BCUT2D eigenvalue weighted by atomic mass is 10.1. The number of likely N-dealkylation sites (N-methyl/N-ethyl adjacent to an activating group) is 1. The number of rotatable bonds is 5. The maximum Gasteiger partial charge on any atom is 0.176 e. The van der Waals surface area contributed by atoms with Crippen molar-refractivity contribution in [3.8, 4) is 0 Å². The number of aromatic nitrogens is 1. The van der Waals surface area contributed by atoms with Gasteiger partial charge in [0.15, 0.2) is 5.78 Å². The van der Waals surface area contributed by atoms with Crippen LogP contribution in [0.2, 0.25) is 0 Å². The predicted octanol–water partition coefficient (Wildman–Crippen LogP) is 3.53. The highest BCUT2D eigenvalue weighted by Gasteiger charge is 2.11. The van der Waals surface area contributed by atoms with Crippen molar-refractivity contribution in [1.29, 1.82) is 0 Å². The van der Waals surface area contributed by atoms with Crippen molar-refractivity contribution in [3.63, 3.8) is 0 Å². The Hall–Kier alpha value is -1.04. The second kappa shape index (κ2) is 6.41. The van der Waals surface area contributed by atoms with Gasteiger partial charge in [0.2, 0.25) is 0 Å². The first kappa shape index (κ1) is 14.4. The molecule has 3 nitrogen and oxygen atoms in total. The van der Waals surface area contributed by atoms with E-state index in [1.54, 1.807) is 11.3 Å². The quantitative estimate of drug-likeness (QED) is 0.782. The summed E-state index contributed by atoms with van der Waals surface area (Å²) in [6.45, 7) is 3.17. The Labute approximate surface area is 125 Å². The lowest BCUT2D eigenvalue weighted by Crippen LogP contribution is -2.25. The molecular formula is C14H15BrN2OS. The highest BCUT2D eigenvalue weighted by molar-refractivity contribution is 9.10. The van der Waals surface area contributed by atoms with Crippen molar-refractivity contribution in [2.75, 3.05) is 13.6 Å². The molecule has 1 heterocycles. The van der Waals surface area contributed by atoms with Crippen molar-refractivity contribution in [1.82, 2.24) is 9.88 Å². The molecule has 0 atom stereocenters. The maximum absolute atomic E-state index is 12.1. The van der Waals surface area contributed by atoms with Crippen LogP contribution < -0.4 is 0 Å². The van der Waals surface area contributed by atoms with Crippen molar-refractivity contribution >= 4 is 33.0 Å². The molecule has 0 aliphatic heterocycles. The summed E-state index contributed by atoms with van der Waals surface area (Å²) in [5, 5.41) is 0. The molecule has 2 aromatic rings. The molecule has 0 aliphatic rings. The van der Waals surface area contributed by atoms with E-state index in [0.29, 0.717) is 6.54 Å². The molecule has 0 radical (unpaired) electrons. The lowest BCUT2D eigenvalue weighted by Gasteiger charge is -2.15. The number of hydrogen-bond acceptors (Lipinski definition) is 4. The highest BCUT2D eigenvalue weighted by Crippen LogP contribution is 2.15. The van der Waals surface area contributed by atoms with E-state index >= 15 is 0 Å². The third-order valence-electron chi connectivity index (χ3n) is 2.84. The summed E-state index contributed by atoms with van der Waals surface area (Å²) in [5.41, 5.74) is 3.64. The van der Waals surface area contributed by atoms with E-state index in [9.17, 15) is 4.79 Å². The number of benzene rings is 1. The molecule has 0 bridgehead atoms. The van der Waals surface area contributed by atoms with E-state index in [0.717, 1.165) is 22.3 Å². The zero-order chi connectivity index (χ0) is 13.8. The topological polar surface area (TPSA) is 33.2 Å². The minimum Gasteiger partial charge on any atom is -0.294 e. The molecule has 0 N–H and O–H groups in total. The number of aryl methyl sites for hydroxylation is 1. The smallest absolute Gasteiger partial charge is 0.176 e. The monoisotopic (exact) mass is 338 g/mol. The molecule has 0 amide bonds. The Balaban J connectivity index is 1.95. The van der Waals surface area contributed by atoms with E-state index in [1.807, 2.05) is 48.6 Å². The number of Topliss-reactive ketones (excluding diaryl/α,β-unsaturated/α-hetero) is 1. The van der Waals surface area contributed by atoms with Crippen LogP contribution in [0.25, 0.3) is 0 Å². The molecule has 0 aliphatic carbocycles. The average Bonchev–Trinajstić information content (AvgIpc) is 2.75. The van der Waals surface area contributed by atoms with Gasteiger partial charge in [-0.1, -0.05) is 28.1 Å². The normalized spacial score (nSPS) is 10.9. The van der Waals surface area contributed by atoms with Crippen LogP contribution in [-0.2, 0) is 6.54 Å². The van der Waals surface area contributed by atoms with Gasteiger partial charge in [-0.2, -0.15) is 0 Å². The Morgan fingerprint density at radius 1 is 1.37 bits per heavy atom. The van der Waals surface area contributed by atoms with Gasteiger partial charge in [-0.3, -0.25) is 9.69 Å². The van der Waals surface area contributed by atoms with Gasteiger partial charge in [-0.25, -0.2) is 4.98 Å². The summed E-state index contributed by atoms with van der Waals surface area (Å²) in [4.78, 5) is 19.6. The molecule has 0 saturated heterocycles. The zero-order valence-corrected chi connectivity index (χ0v) is 13.3. The number of hydrogen-bond donors (Lipinski definition) is 0. The summed E-state index contributed by atoms with van der Waals surface area (Å²) in [5.74, 6) is 0.136. The van der Waals surface area contributed by atoms with E-state index in [4.69, 9.17) is 0 Å². The van der Waals surface area contributed by atoms with Crippen LogP contribution in [0.4, 0.5) is 0 Å². The summed E-state index contributed by atoms with van der Waals surface area (Å²) in [6.07, 6.45) is 0. The van der Waals surface area contributed by atoms with E-state index in [2.05, 4.69) is 20.9 Å². The van der Waals surface area contributed by atoms with Crippen LogP contribution in [0, 0.1) is 6.92 Å². The van der Waals surface area contributed by atoms with E-state index in [-0.39, 0.29) is 5.78 Å². The van der Waals surface area contributed by atoms with Crippen LogP contribution in [-0.4, -0.2) is 29.3 Å². The Morgan fingerprint density at radius 2 is 2.05 bits per heavy atom. The summed E-state index contributed by atoms with van der Waals surface area (Å²) in [6, 6.07) is 7.47. The van der Waals surface area contributed by atoms with Crippen molar-refractivity contribution in [3.05, 3.63) is 50.4 Å².